The Morgan fingerprint density at radius 2 is 1.90 bits per heavy atom. The van der Waals surface area contributed by atoms with E-state index < -0.39 is 8.07 Å². The van der Waals surface area contributed by atoms with Crippen LogP contribution in [-0.4, -0.2) is 41.7 Å². The zero-order valence-corrected chi connectivity index (χ0v) is 18.7. The molecule has 0 bridgehead atoms. The lowest BCUT2D eigenvalue weighted by molar-refractivity contribution is 0.202. The van der Waals surface area contributed by atoms with Gasteiger partial charge in [0.05, 0.1) is 23.5 Å². The topological polar surface area (TPSA) is 89.7 Å². The Morgan fingerprint density at radius 1 is 1.14 bits per heavy atom. The van der Waals surface area contributed by atoms with Gasteiger partial charge in [0.15, 0.2) is 11.6 Å². The zero-order valence-electron chi connectivity index (χ0n) is 17.7. The minimum Gasteiger partial charge on any atom is -0.397 e. The molecular weight excluding hydrogens is 378 g/mol. The number of nitrogens with one attached hydrogen (secondary N) is 1. The number of imidazole rings is 1. The third-order valence-corrected chi connectivity index (χ3v) is 10.4. The average molecular weight is 408 g/mol. The molecule has 152 valence electrons. The molecule has 2 heterocycles. The Morgan fingerprint density at radius 3 is 2.52 bits per heavy atom. The predicted molar refractivity (Wildman–Crippen MR) is 121 cm³/mol. The van der Waals surface area contributed by atoms with E-state index in [1.54, 1.807) is 19.5 Å². The zero-order chi connectivity index (χ0) is 20.9. The third-order valence-electron chi connectivity index (χ3n) is 5.72. The fourth-order valence-electron chi connectivity index (χ4n) is 3.52. The van der Waals surface area contributed by atoms with Gasteiger partial charge in [0.1, 0.15) is 8.07 Å². The van der Waals surface area contributed by atoms with E-state index in [9.17, 15) is 0 Å². The molecule has 3 N–H and O–H groups in total. The van der Waals surface area contributed by atoms with Crippen LogP contribution in [0.25, 0.3) is 22.6 Å². The number of hydrogen-bond acceptors (Lipinski definition) is 5. The molecule has 0 aliphatic heterocycles. The summed E-state index contributed by atoms with van der Waals surface area (Å²) in [5.74, 6) is 4.60. The quantitative estimate of drug-likeness (QED) is 0.348. The number of aromatic nitrogens is 4. The smallest absolute Gasteiger partial charge is 0.196 e. The lowest BCUT2D eigenvalue weighted by Gasteiger charge is -2.20. The van der Waals surface area contributed by atoms with Gasteiger partial charge >= 0.3 is 0 Å². The van der Waals surface area contributed by atoms with E-state index >= 15 is 0 Å². The minimum atomic E-state index is -1.55. The highest BCUT2D eigenvalue weighted by Gasteiger charge is 2.24. The van der Waals surface area contributed by atoms with Gasteiger partial charge in [-0.2, -0.15) is 0 Å². The van der Waals surface area contributed by atoms with E-state index in [0.717, 1.165) is 40.3 Å². The minimum absolute atomic E-state index is 0.552. The summed E-state index contributed by atoms with van der Waals surface area (Å²) in [5, 5.41) is 0.862. The summed E-state index contributed by atoms with van der Waals surface area (Å²) in [6.07, 6.45) is 4.09. The predicted octanol–water partition coefficient (Wildman–Crippen LogP) is 4.19. The van der Waals surface area contributed by atoms with Crippen LogP contribution in [0.4, 0.5) is 5.69 Å². The molecule has 0 unspecified atom stereocenters. The molecule has 0 saturated carbocycles. The number of nitrogen functional groups attached to an aromatic ring is 1. The first-order valence-electron chi connectivity index (χ1n) is 10.2. The highest BCUT2D eigenvalue weighted by molar-refractivity contribution is 6.87. The SMILES string of the molecule is CC[Si](C#Cc1ccc2nc(-c3ncc[nH]3)nc(CCOC)c2c1N)(CC)CC. The van der Waals surface area contributed by atoms with Crippen molar-refractivity contribution in [1.29, 1.82) is 0 Å². The van der Waals surface area contributed by atoms with Crippen molar-refractivity contribution in [2.45, 2.75) is 45.3 Å². The van der Waals surface area contributed by atoms with E-state index in [-0.39, 0.29) is 0 Å². The molecule has 7 heteroatoms. The van der Waals surface area contributed by atoms with Crippen molar-refractivity contribution in [2.24, 2.45) is 0 Å². The van der Waals surface area contributed by atoms with Gasteiger partial charge in [-0.15, -0.1) is 5.54 Å². The van der Waals surface area contributed by atoms with E-state index in [2.05, 4.69) is 47.2 Å². The molecule has 0 aliphatic carbocycles. The van der Waals surface area contributed by atoms with Crippen molar-refractivity contribution in [1.82, 2.24) is 19.9 Å². The van der Waals surface area contributed by atoms with Crippen LogP contribution >= 0.6 is 0 Å². The van der Waals surface area contributed by atoms with Crippen LogP contribution in [0.5, 0.6) is 0 Å². The summed E-state index contributed by atoms with van der Waals surface area (Å²) >= 11 is 0. The Labute approximate surface area is 173 Å². The molecule has 0 saturated heterocycles. The molecule has 3 aromatic rings. The highest BCUT2D eigenvalue weighted by Crippen LogP contribution is 2.29. The first-order valence-corrected chi connectivity index (χ1v) is 12.8. The van der Waals surface area contributed by atoms with Crippen molar-refractivity contribution in [3.8, 4) is 23.1 Å². The highest BCUT2D eigenvalue weighted by atomic mass is 28.3. The molecular formula is C22H29N5OSi. The molecule has 6 nitrogen and oxygen atoms in total. The maximum Gasteiger partial charge on any atom is 0.196 e. The van der Waals surface area contributed by atoms with Crippen LogP contribution in [0.1, 0.15) is 32.0 Å². The average Bonchev–Trinajstić information content (AvgIpc) is 3.29. The van der Waals surface area contributed by atoms with Gasteiger partial charge in [-0.1, -0.05) is 26.7 Å². The maximum absolute atomic E-state index is 6.58. The summed E-state index contributed by atoms with van der Waals surface area (Å²) in [5.41, 5.74) is 13.4. The van der Waals surface area contributed by atoms with Crippen LogP contribution in [0.3, 0.4) is 0 Å². The van der Waals surface area contributed by atoms with Crippen LogP contribution in [0.2, 0.25) is 18.1 Å². The molecule has 29 heavy (non-hydrogen) atoms. The van der Waals surface area contributed by atoms with Gasteiger partial charge in [-0.25, -0.2) is 15.0 Å². The van der Waals surface area contributed by atoms with E-state index in [4.69, 9.17) is 15.5 Å². The standard InChI is InChI=1S/C22H29N5OSi/c1-5-29(6-2,7-3)15-11-16-8-9-17-19(20(16)23)18(10-14-28-4)27-22(26-17)21-24-12-13-25-21/h8-9,12-13H,5-7,10,14,23H2,1-4H3,(H,24,25). The van der Waals surface area contributed by atoms with Gasteiger partial charge in [0.25, 0.3) is 0 Å². The van der Waals surface area contributed by atoms with Crippen molar-refractivity contribution in [3.63, 3.8) is 0 Å². The van der Waals surface area contributed by atoms with Gasteiger partial charge in [0.2, 0.25) is 0 Å². The first-order chi connectivity index (χ1) is 14.1. The number of benzene rings is 1. The Bertz CT molecular complexity index is 1020. The molecule has 0 radical (unpaired) electrons. The number of nitrogens with two attached hydrogens (primary N) is 1. The second-order valence-electron chi connectivity index (χ2n) is 7.19. The monoisotopic (exact) mass is 407 g/mol. The summed E-state index contributed by atoms with van der Waals surface area (Å²) in [6, 6.07) is 7.44. The number of H-pyrrole nitrogens is 1. The summed E-state index contributed by atoms with van der Waals surface area (Å²) in [6.45, 7) is 7.32. The molecule has 0 amide bonds. The van der Waals surface area contributed by atoms with E-state index in [0.29, 0.717) is 30.4 Å². The second-order valence-corrected chi connectivity index (χ2v) is 12.1. The molecule has 1 aromatic carbocycles. The Kier molecular flexibility index (Phi) is 6.67. The number of rotatable bonds is 7. The van der Waals surface area contributed by atoms with E-state index in [1.807, 2.05) is 12.1 Å². The van der Waals surface area contributed by atoms with Crippen LogP contribution in [-0.2, 0) is 11.2 Å². The fraction of sp³-hybridized carbons (Fsp3) is 0.409. The summed E-state index contributed by atoms with van der Waals surface area (Å²) in [4.78, 5) is 16.8. The summed E-state index contributed by atoms with van der Waals surface area (Å²) < 4.78 is 5.28. The molecule has 0 aliphatic rings. The number of hydrogen-bond donors (Lipinski definition) is 2. The number of nitrogens with zero attached hydrogens (tertiary/aromatic N) is 3. The van der Waals surface area contributed by atoms with Crippen molar-refractivity contribution < 1.29 is 4.74 Å². The van der Waals surface area contributed by atoms with Crippen LogP contribution < -0.4 is 5.73 Å². The van der Waals surface area contributed by atoms with Crippen LogP contribution in [0, 0.1) is 11.5 Å². The number of fused-ring (bicyclic) bond motifs is 1. The third kappa shape index (κ3) is 4.34. The maximum atomic E-state index is 6.58. The largest absolute Gasteiger partial charge is 0.397 e. The lowest BCUT2D eigenvalue weighted by Crippen LogP contribution is -2.29. The normalized spacial score (nSPS) is 11.4. The van der Waals surface area contributed by atoms with Crippen molar-refractivity contribution in [3.05, 3.63) is 35.8 Å². The molecule has 0 spiro atoms. The molecule has 0 fully saturated rings. The molecule has 3 rings (SSSR count). The molecule has 2 aromatic heterocycles. The number of ether oxygens (including phenoxy) is 1. The van der Waals surface area contributed by atoms with Gasteiger partial charge in [0, 0.05) is 36.9 Å². The fourth-order valence-corrected chi connectivity index (χ4v) is 5.95. The number of aromatic amines is 1. The number of methoxy groups -OCH3 is 1. The van der Waals surface area contributed by atoms with Gasteiger partial charge < -0.3 is 15.5 Å². The number of anilines is 1. The van der Waals surface area contributed by atoms with Gasteiger partial charge in [-0.05, 0) is 30.3 Å². The van der Waals surface area contributed by atoms with Crippen LogP contribution in [0.15, 0.2) is 24.5 Å². The Balaban J connectivity index is 2.15. The first kappa shape index (κ1) is 21.0. The lowest BCUT2D eigenvalue weighted by atomic mass is 10.0. The van der Waals surface area contributed by atoms with E-state index in [1.165, 1.54) is 0 Å². The second kappa shape index (κ2) is 9.20. The van der Waals surface area contributed by atoms with Gasteiger partial charge in [-0.3, -0.25) is 0 Å². The Hall–Kier alpha value is -2.69. The van der Waals surface area contributed by atoms with Crippen molar-refractivity contribution >= 4 is 24.7 Å². The summed E-state index contributed by atoms with van der Waals surface area (Å²) in [7, 11) is 0.131. The van der Waals surface area contributed by atoms with Crippen molar-refractivity contribution in [2.75, 3.05) is 19.5 Å². The molecule has 0 atom stereocenters.